The molecule has 0 radical (unpaired) electrons. The number of likely N-dealkylation sites (N-methyl/N-ethyl adjacent to an activating group) is 1. The van der Waals surface area contributed by atoms with E-state index in [-0.39, 0.29) is 12.2 Å². The maximum absolute atomic E-state index is 14.2. The van der Waals surface area contributed by atoms with Crippen LogP contribution in [0.2, 0.25) is 0 Å². The lowest BCUT2D eigenvalue weighted by atomic mass is 10.1. The van der Waals surface area contributed by atoms with E-state index < -0.39 is 17.9 Å². The van der Waals surface area contributed by atoms with Gasteiger partial charge < -0.3 is 19.6 Å². The number of carbonyl (C=O) groups excluding carboxylic acids is 1. The van der Waals surface area contributed by atoms with Gasteiger partial charge in [-0.05, 0) is 31.7 Å². The van der Waals surface area contributed by atoms with E-state index in [1.165, 1.54) is 6.07 Å². The molecule has 1 aromatic carbocycles. The zero-order chi connectivity index (χ0) is 15.4. The lowest BCUT2D eigenvalue weighted by Crippen LogP contribution is -2.44. The van der Waals surface area contributed by atoms with Gasteiger partial charge in [-0.1, -0.05) is 6.07 Å². The fourth-order valence-electron chi connectivity index (χ4n) is 2.35. The number of ether oxygens (including phenoxy) is 1. The molecule has 1 fully saturated rings. The summed E-state index contributed by atoms with van der Waals surface area (Å²) in [5.41, 5.74) is 0.715. The van der Waals surface area contributed by atoms with Crippen molar-refractivity contribution >= 4 is 11.7 Å². The van der Waals surface area contributed by atoms with Gasteiger partial charge in [0.2, 0.25) is 0 Å². The van der Waals surface area contributed by atoms with Crippen molar-refractivity contribution in [3.63, 3.8) is 0 Å². The number of hydrogen-bond donors (Lipinski definition) is 1. The van der Waals surface area contributed by atoms with Crippen molar-refractivity contribution in [2.24, 2.45) is 0 Å². The van der Waals surface area contributed by atoms with Crippen LogP contribution in [0.1, 0.15) is 18.6 Å². The molecule has 1 atom stereocenters. The maximum Gasteiger partial charge on any atom is 0.339 e. The third-order valence-electron chi connectivity index (χ3n) is 3.64. The molecule has 0 spiro atoms. The van der Waals surface area contributed by atoms with Crippen LogP contribution in [0.3, 0.4) is 0 Å². The molecule has 1 saturated heterocycles. The van der Waals surface area contributed by atoms with Crippen LogP contribution in [0, 0.1) is 5.82 Å². The highest BCUT2D eigenvalue weighted by Crippen LogP contribution is 2.25. The first-order chi connectivity index (χ1) is 10.0. The number of hydrogen-bond acceptors (Lipinski definition) is 5. The first-order valence-electron chi connectivity index (χ1n) is 7.10. The zero-order valence-electron chi connectivity index (χ0n) is 12.4. The highest BCUT2D eigenvalue weighted by atomic mass is 19.1. The second-order valence-electron chi connectivity index (χ2n) is 5.16. The van der Waals surface area contributed by atoms with E-state index in [1.807, 2.05) is 11.9 Å². The molecule has 0 aromatic heterocycles. The second-order valence-corrected chi connectivity index (χ2v) is 5.16. The topological polar surface area (TPSA) is 53.0 Å². The lowest BCUT2D eigenvalue weighted by Gasteiger charge is -2.34. The normalized spacial score (nSPS) is 17.6. The molecule has 0 bridgehead atoms. The third kappa shape index (κ3) is 3.71. The number of aliphatic hydroxyl groups excluding tert-OH is 1. The Kier molecular flexibility index (Phi) is 5.14. The number of anilines is 1. The van der Waals surface area contributed by atoms with E-state index >= 15 is 0 Å². The first-order valence-corrected chi connectivity index (χ1v) is 7.10. The second kappa shape index (κ2) is 6.87. The minimum Gasteiger partial charge on any atom is -0.464 e. The smallest absolute Gasteiger partial charge is 0.339 e. The van der Waals surface area contributed by atoms with Gasteiger partial charge in [0.1, 0.15) is 5.82 Å². The van der Waals surface area contributed by atoms with Gasteiger partial charge in [-0.2, -0.15) is 0 Å². The highest BCUT2D eigenvalue weighted by Gasteiger charge is 2.22. The van der Waals surface area contributed by atoms with E-state index in [2.05, 4.69) is 4.90 Å². The zero-order valence-corrected chi connectivity index (χ0v) is 12.4. The molecular formula is C15H21FN2O3. The average Bonchev–Trinajstić information content (AvgIpc) is 2.48. The number of aliphatic hydroxyl groups is 1. The maximum atomic E-state index is 14.2. The average molecular weight is 296 g/mol. The summed E-state index contributed by atoms with van der Waals surface area (Å²) in [6.45, 7) is 5.11. The van der Waals surface area contributed by atoms with Crippen molar-refractivity contribution in [1.29, 1.82) is 0 Å². The molecule has 0 amide bonds. The van der Waals surface area contributed by atoms with Crippen molar-refractivity contribution in [1.82, 2.24) is 4.90 Å². The molecule has 21 heavy (non-hydrogen) atoms. The van der Waals surface area contributed by atoms with E-state index in [1.54, 1.807) is 19.1 Å². The summed E-state index contributed by atoms with van der Waals surface area (Å²) in [4.78, 5) is 15.6. The van der Waals surface area contributed by atoms with Crippen molar-refractivity contribution in [2.75, 3.05) is 44.7 Å². The summed E-state index contributed by atoms with van der Waals surface area (Å²) in [5, 5.41) is 9.82. The van der Waals surface area contributed by atoms with Crippen LogP contribution in [0.5, 0.6) is 0 Å². The number of halogens is 1. The quantitative estimate of drug-likeness (QED) is 0.846. The summed E-state index contributed by atoms with van der Waals surface area (Å²) in [6, 6.07) is 4.38. The van der Waals surface area contributed by atoms with E-state index in [0.29, 0.717) is 5.69 Å². The Bertz CT molecular complexity index is 502. The first kappa shape index (κ1) is 15.7. The number of nitrogens with zero attached hydrogens (tertiary/aromatic N) is 2. The van der Waals surface area contributed by atoms with Gasteiger partial charge in [0.05, 0.1) is 12.3 Å². The summed E-state index contributed by atoms with van der Waals surface area (Å²) in [7, 11) is 2.03. The molecule has 0 aliphatic carbocycles. The van der Waals surface area contributed by atoms with Crippen LogP contribution in [0.4, 0.5) is 10.1 Å². The third-order valence-corrected chi connectivity index (χ3v) is 3.64. The Morgan fingerprint density at radius 1 is 1.38 bits per heavy atom. The number of rotatable bonds is 4. The Morgan fingerprint density at radius 2 is 2.05 bits per heavy atom. The molecule has 1 aliphatic rings. The number of piperazine rings is 1. The van der Waals surface area contributed by atoms with Crippen LogP contribution in [0.15, 0.2) is 18.2 Å². The number of esters is 1. The fraction of sp³-hybridized carbons (Fsp3) is 0.533. The summed E-state index contributed by atoms with van der Waals surface area (Å²) in [6.07, 6.45) is -1.44. The van der Waals surface area contributed by atoms with E-state index in [0.717, 1.165) is 26.2 Å². The highest BCUT2D eigenvalue weighted by molar-refractivity contribution is 5.76. The van der Waals surface area contributed by atoms with Gasteiger partial charge in [-0.15, -0.1) is 0 Å². The minimum atomic E-state index is -1.44. The molecule has 1 aliphatic heterocycles. The Balaban J connectivity index is 2.12. The predicted molar refractivity (Wildman–Crippen MR) is 77.7 cm³/mol. The molecule has 6 heteroatoms. The summed E-state index contributed by atoms with van der Waals surface area (Å²) < 4.78 is 19.0. The number of carbonyl (C=O) groups is 1. The van der Waals surface area contributed by atoms with Crippen molar-refractivity contribution < 1.29 is 19.0 Å². The van der Waals surface area contributed by atoms with Crippen LogP contribution in [0.25, 0.3) is 0 Å². The molecule has 2 rings (SSSR count). The van der Waals surface area contributed by atoms with Crippen molar-refractivity contribution in [3.8, 4) is 0 Å². The molecule has 1 heterocycles. The largest absolute Gasteiger partial charge is 0.464 e. The standard InChI is InChI=1S/C15H21FN2O3/c1-3-21-15(20)14(19)11-4-5-13(12(16)10-11)18-8-6-17(2)7-9-18/h4-5,10,14,19H,3,6-9H2,1-2H3. The SMILES string of the molecule is CCOC(=O)C(O)c1ccc(N2CCN(C)CC2)c(F)c1. The van der Waals surface area contributed by atoms with E-state index in [9.17, 15) is 14.3 Å². The molecular weight excluding hydrogens is 275 g/mol. The molecule has 1 N–H and O–H groups in total. The monoisotopic (exact) mass is 296 g/mol. The predicted octanol–water partition coefficient (Wildman–Crippen LogP) is 1.17. The molecule has 0 saturated carbocycles. The number of benzene rings is 1. The lowest BCUT2D eigenvalue weighted by molar-refractivity contribution is -0.153. The van der Waals surface area contributed by atoms with Crippen LogP contribution in [-0.2, 0) is 9.53 Å². The Morgan fingerprint density at radius 3 is 2.62 bits per heavy atom. The van der Waals surface area contributed by atoms with Gasteiger partial charge in [0.15, 0.2) is 6.10 Å². The summed E-state index contributed by atoms with van der Waals surface area (Å²) >= 11 is 0. The minimum absolute atomic E-state index is 0.178. The van der Waals surface area contributed by atoms with Crippen molar-refractivity contribution in [3.05, 3.63) is 29.6 Å². The van der Waals surface area contributed by atoms with E-state index in [4.69, 9.17) is 4.74 Å². The Hall–Kier alpha value is -1.66. The van der Waals surface area contributed by atoms with Crippen LogP contribution in [-0.4, -0.2) is 55.8 Å². The summed E-state index contributed by atoms with van der Waals surface area (Å²) in [5.74, 6) is -1.19. The fourth-order valence-corrected chi connectivity index (χ4v) is 2.35. The van der Waals surface area contributed by atoms with Crippen LogP contribution < -0.4 is 4.90 Å². The molecule has 1 unspecified atom stereocenters. The van der Waals surface area contributed by atoms with Crippen molar-refractivity contribution in [2.45, 2.75) is 13.0 Å². The van der Waals surface area contributed by atoms with Crippen LogP contribution >= 0.6 is 0 Å². The Labute approximate surface area is 123 Å². The van der Waals surface area contributed by atoms with Gasteiger partial charge in [-0.25, -0.2) is 9.18 Å². The van der Waals surface area contributed by atoms with Gasteiger partial charge in [0.25, 0.3) is 0 Å². The van der Waals surface area contributed by atoms with Gasteiger partial charge >= 0.3 is 5.97 Å². The molecule has 116 valence electrons. The molecule has 5 nitrogen and oxygen atoms in total. The van der Waals surface area contributed by atoms with Gasteiger partial charge in [-0.3, -0.25) is 0 Å². The van der Waals surface area contributed by atoms with Gasteiger partial charge in [0, 0.05) is 26.2 Å². The molecule has 1 aromatic rings.